The molecule has 2 aromatic rings. The molecule has 1 aliphatic heterocycles. The van der Waals surface area contributed by atoms with Crippen molar-refractivity contribution >= 4 is 17.3 Å². The van der Waals surface area contributed by atoms with Gasteiger partial charge in [-0.1, -0.05) is 41.9 Å². The molecule has 2 aromatic carbocycles. The number of nitrogens with zero attached hydrogens (tertiary/aromatic N) is 1. The molecule has 1 N–H and O–H groups in total. The van der Waals surface area contributed by atoms with Gasteiger partial charge >= 0.3 is 0 Å². The number of para-hydroxylation sites is 1. The van der Waals surface area contributed by atoms with Crippen molar-refractivity contribution < 1.29 is 5.11 Å². The van der Waals surface area contributed by atoms with E-state index >= 15 is 0 Å². The summed E-state index contributed by atoms with van der Waals surface area (Å²) < 4.78 is 0. The summed E-state index contributed by atoms with van der Waals surface area (Å²) in [4.78, 5) is 2.24. The molecule has 0 amide bonds. The molecule has 2 nitrogen and oxygen atoms in total. The van der Waals surface area contributed by atoms with Crippen molar-refractivity contribution in [2.45, 2.75) is 12.5 Å². The number of benzene rings is 2. The number of fused-ring (bicyclic) bond motifs is 1. The topological polar surface area (TPSA) is 23.5 Å². The largest absolute Gasteiger partial charge is 0.387 e. The molecule has 0 saturated heterocycles. The lowest BCUT2D eigenvalue weighted by atomic mass is 10.1. The highest BCUT2D eigenvalue weighted by Gasteiger charge is 2.21. The van der Waals surface area contributed by atoms with E-state index in [2.05, 4.69) is 23.1 Å². The predicted octanol–water partition coefficient (Wildman–Crippen LogP) is 3.44. The van der Waals surface area contributed by atoms with Crippen LogP contribution < -0.4 is 4.90 Å². The Labute approximate surface area is 118 Å². The lowest BCUT2D eigenvalue weighted by Crippen LogP contribution is -2.26. The fourth-order valence-electron chi connectivity index (χ4n) is 2.62. The average molecular weight is 274 g/mol. The predicted molar refractivity (Wildman–Crippen MR) is 78.8 cm³/mol. The van der Waals surface area contributed by atoms with Crippen LogP contribution in [0.25, 0.3) is 0 Å². The first-order chi connectivity index (χ1) is 9.24. The first kappa shape index (κ1) is 12.5. The molecule has 98 valence electrons. The third-order valence-corrected chi connectivity index (χ3v) is 3.85. The van der Waals surface area contributed by atoms with Crippen molar-refractivity contribution in [3.8, 4) is 0 Å². The van der Waals surface area contributed by atoms with Crippen LogP contribution in [-0.2, 0) is 6.42 Å². The summed E-state index contributed by atoms with van der Waals surface area (Å²) in [5.74, 6) is 0. The standard InChI is InChI=1S/C16H16ClNO/c17-14-6-3-5-13(10-14)16(19)11-18-9-8-12-4-1-2-7-15(12)18/h1-7,10,16,19H,8-9,11H2. The van der Waals surface area contributed by atoms with Gasteiger partial charge in [0.05, 0.1) is 6.10 Å². The number of hydrogen-bond acceptors (Lipinski definition) is 2. The van der Waals surface area contributed by atoms with Crippen LogP contribution in [0.5, 0.6) is 0 Å². The first-order valence-corrected chi connectivity index (χ1v) is 6.88. The number of halogens is 1. The summed E-state index contributed by atoms with van der Waals surface area (Å²) in [7, 11) is 0. The molecule has 0 saturated carbocycles. The first-order valence-electron chi connectivity index (χ1n) is 6.50. The van der Waals surface area contributed by atoms with E-state index in [9.17, 15) is 5.11 Å². The van der Waals surface area contributed by atoms with Crippen molar-refractivity contribution in [1.29, 1.82) is 0 Å². The Hall–Kier alpha value is -1.51. The Balaban J connectivity index is 1.76. The smallest absolute Gasteiger partial charge is 0.0965 e. The van der Waals surface area contributed by atoms with E-state index in [1.807, 2.05) is 30.3 Å². The molecule has 1 heterocycles. The molecule has 3 rings (SSSR count). The maximum Gasteiger partial charge on any atom is 0.0965 e. The number of hydrogen-bond donors (Lipinski definition) is 1. The second-order valence-corrected chi connectivity index (χ2v) is 5.33. The lowest BCUT2D eigenvalue weighted by Gasteiger charge is -2.23. The van der Waals surface area contributed by atoms with Crippen LogP contribution in [0.1, 0.15) is 17.2 Å². The molecule has 1 atom stereocenters. The van der Waals surface area contributed by atoms with Gasteiger partial charge in [0, 0.05) is 23.8 Å². The zero-order chi connectivity index (χ0) is 13.2. The van der Waals surface area contributed by atoms with E-state index in [0.29, 0.717) is 11.6 Å². The Morgan fingerprint density at radius 3 is 2.84 bits per heavy atom. The summed E-state index contributed by atoms with van der Waals surface area (Å²) in [5.41, 5.74) is 3.47. The third kappa shape index (κ3) is 2.60. The summed E-state index contributed by atoms with van der Waals surface area (Å²) >= 11 is 5.96. The van der Waals surface area contributed by atoms with E-state index < -0.39 is 6.10 Å². The summed E-state index contributed by atoms with van der Waals surface area (Å²) in [6, 6.07) is 15.8. The Morgan fingerprint density at radius 2 is 2.00 bits per heavy atom. The van der Waals surface area contributed by atoms with Crippen molar-refractivity contribution in [2.75, 3.05) is 18.0 Å². The van der Waals surface area contributed by atoms with E-state index in [4.69, 9.17) is 11.6 Å². The monoisotopic (exact) mass is 273 g/mol. The molecule has 0 radical (unpaired) electrons. The van der Waals surface area contributed by atoms with E-state index in [1.165, 1.54) is 11.3 Å². The number of aliphatic hydroxyl groups excluding tert-OH is 1. The van der Waals surface area contributed by atoms with Crippen molar-refractivity contribution in [2.24, 2.45) is 0 Å². The second kappa shape index (κ2) is 5.24. The Bertz CT molecular complexity index is 584. The quantitative estimate of drug-likeness (QED) is 0.926. The SMILES string of the molecule is OC(CN1CCc2ccccc21)c1cccc(Cl)c1. The van der Waals surface area contributed by atoms with Crippen LogP contribution in [0.15, 0.2) is 48.5 Å². The summed E-state index contributed by atoms with van der Waals surface area (Å²) in [6.45, 7) is 1.58. The Kier molecular flexibility index (Phi) is 3.45. The fraction of sp³-hybridized carbons (Fsp3) is 0.250. The number of anilines is 1. The third-order valence-electron chi connectivity index (χ3n) is 3.61. The summed E-state index contributed by atoms with van der Waals surface area (Å²) in [6.07, 6.45) is 0.545. The van der Waals surface area contributed by atoms with Gasteiger partial charge in [-0.3, -0.25) is 0 Å². The zero-order valence-corrected chi connectivity index (χ0v) is 11.3. The highest BCUT2D eigenvalue weighted by molar-refractivity contribution is 6.30. The maximum atomic E-state index is 10.3. The molecular weight excluding hydrogens is 258 g/mol. The van der Waals surface area contributed by atoms with Gasteiger partial charge in [0.2, 0.25) is 0 Å². The maximum absolute atomic E-state index is 10.3. The van der Waals surface area contributed by atoms with Crippen molar-refractivity contribution in [3.05, 3.63) is 64.7 Å². The molecular formula is C16H16ClNO. The van der Waals surface area contributed by atoms with Gasteiger partial charge in [0.15, 0.2) is 0 Å². The van der Waals surface area contributed by atoms with E-state index in [0.717, 1.165) is 18.5 Å². The number of β-amino-alcohol motifs (C(OH)–C–C–N with tert-alkyl or cyclic N) is 1. The fourth-order valence-corrected chi connectivity index (χ4v) is 2.82. The molecule has 3 heteroatoms. The average Bonchev–Trinajstić information content (AvgIpc) is 2.82. The second-order valence-electron chi connectivity index (χ2n) is 4.90. The number of rotatable bonds is 3. The normalized spacial score (nSPS) is 15.4. The van der Waals surface area contributed by atoms with Gasteiger partial charge < -0.3 is 10.0 Å². The van der Waals surface area contributed by atoms with Gasteiger partial charge in [0.1, 0.15) is 0 Å². The van der Waals surface area contributed by atoms with Crippen LogP contribution in [0.2, 0.25) is 5.02 Å². The van der Waals surface area contributed by atoms with Gasteiger partial charge in [0.25, 0.3) is 0 Å². The van der Waals surface area contributed by atoms with E-state index in [1.54, 1.807) is 0 Å². The Morgan fingerprint density at radius 1 is 1.16 bits per heavy atom. The van der Waals surface area contributed by atoms with Gasteiger partial charge in [-0.25, -0.2) is 0 Å². The van der Waals surface area contributed by atoms with Crippen LogP contribution in [0.3, 0.4) is 0 Å². The minimum absolute atomic E-state index is 0.509. The van der Waals surface area contributed by atoms with Crippen molar-refractivity contribution in [3.63, 3.8) is 0 Å². The molecule has 19 heavy (non-hydrogen) atoms. The minimum Gasteiger partial charge on any atom is -0.387 e. The van der Waals surface area contributed by atoms with Gasteiger partial charge in [-0.05, 0) is 35.7 Å². The molecule has 0 aliphatic carbocycles. The van der Waals surface area contributed by atoms with Crippen LogP contribution in [0, 0.1) is 0 Å². The van der Waals surface area contributed by atoms with Gasteiger partial charge in [-0.2, -0.15) is 0 Å². The highest BCUT2D eigenvalue weighted by Crippen LogP contribution is 2.29. The minimum atomic E-state index is -0.509. The molecule has 1 unspecified atom stereocenters. The molecule has 0 spiro atoms. The van der Waals surface area contributed by atoms with Crippen molar-refractivity contribution in [1.82, 2.24) is 0 Å². The highest BCUT2D eigenvalue weighted by atomic mass is 35.5. The van der Waals surface area contributed by atoms with Gasteiger partial charge in [-0.15, -0.1) is 0 Å². The molecule has 1 aliphatic rings. The summed E-state index contributed by atoms with van der Waals surface area (Å²) in [5, 5.41) is 11.0. The van der Waals surface area contributed by atoms with E-state index in [-0.39, 0.29) is 0 Å². The van der Waals surface area contributed by atoms with Crippen LogP contribution in [0.4, 0.5) is 5.69 Å². The van der Waals surface area contributed by atoms with Crippen LogP contribution in [-0.4, -0.2) is 18.2 Å². The molecule has 0 bridgehead atoms. The van der Waals surface area contributed by atoms with Crippen LogP contribution >= 0.6 is 11.6 Å². The lowest BCUT2D eigenvalue weighted by molar-refractivity contribution is 0.184. The number of aliphatic hydroxyl groups is 1. The molecule has 0 fully saturated rings. The zero-order valence-electron chi connectivity index (χ0n) is 10.6. The molecule has 0 aromatic heterocycles.